The number of amides is 1. The van der Waals surface area contributed by atoms with Gasteiger partial charge >= 0.3 is 12.1 Å². The van der Waals surface area contributed by atoms with E-state index in [-0.39, 0.29) is 17.4 Å². The first kappa shape index (κ1) is 16.8. The zero-order chi connectivity index (χ0) is 16.2. The lowest BCUT2D eigenvalue weighted by atomic mass is 10.1. The molecule has 21 heavy (non-hydrogen) atoms. The Labute approximate surface area is 124 Å². The number of aromatic carboxylic acids is 1. The third kappa shape index (κ3) is 5.72. The van der Waals surface area contributed by atoms with Crippen LogP contribution in [0.2, 0.25) is 0 Å². The topological polar surface area (TPSA) is 84.9 Å². The van der Waals surface area contributed by atoms with Gasteiger partial charge in [-0.1, -0.05) is 0 Å². The second-order valence-electron chi connectivity index (χ2n) is 5.81. The van der Waals surface area contributed by atoms with Crippen molar-refractivity contribution in [3.05, 3.63) is 23.8 Å². The highest BCUT2D eigenvalue weighted by atomic mass is 16.6. The van der Waals surface area contributed by atoms with Crippen LogP contribution in [0.25, 0.3) is 0 Å². The first-order chi connectivity index (χ1) is 9.58. The zero-order valence-electron chi connectivity index (χ0n) is 12.9. The molecule has 0 saturated carbocycles. The molecule has 0 atom stereocenters. The van der Waals surface area contributed by atoms with Crippen LogP contribution in [0.4, 0.5) is 10.5 Å². The molecule has 1 aromatic carbocycles. The Hall–Kier alpha value is -2.24. The summed E-state index contributed by atoms with van der Waals surface area (Å²) < 4.78 is 10.5. The Morgan fingerprint density at radius 2 is 1.86 bits per heavy atom. The molecular formula is C15H21NO5. The largest absolute Gasteiger partial charge is 0.491 e. The number of carbonyl (C=O) groups is 2. The summed E-state index contributed by atoms with van der Waals surface area (Å²) in [5, 5.41) is 11.7. The minimum Gasteiger partial charge on any atom is -0.491 e. The van der Waals surface area contributed by atoms with Crippen molar-refractivity contribution in [3.63, 3.8) is 0 Å². The number of hydrogen-bond acceptors (Lipinski definition) is 4. The molecule has 1 aromatic rings. The van der Waals surface area contributed by atoms with Gasteiger partial charge in [0.25, 0.3) is 0 Å². The van der Waals surface area contributed by atoms with Crippen molar-refractivity contribution >= 4 is 17.7 Å². The third-order valence-electron chi connectivity index (χ3n) is 2.23. The highest BCUT2D eigenvalue weighted by molar-refractivity contribution is 5.99. The van der Waals surface area contributed by atoms with Crippen LogP contribution in [0, 0.1) is 0 Å². The Balaban J connectivity index is 2.96. The second kappa shape index (κ2) is 6.47. The van der Waals surface area contributed by atoms with Gasteiger partial charge in [0.05, 0.1) is 17.4 Å². The van der Waals surface area contributed by atoms with Crippen LogP contribution >= 0.6 is 0 Å². The van der Waals surface area contributed by atoms with Gasteiger partial charge in [0.2, 0.25) is 0 Å². The normalized spacial score (nSPS) is 11.1. The molecule has 0 aliphatic rings. The van der Waals surface area contributed by atoms with Gasteiger partial charge in [-0.25, -0.2) is 9.59 Å². The molecule has 0 aliphatic heterocycles. The van der Waals surface area contributed by atoms with E-state index in [2.05, 4.69) is 5.32 Å². The SMILES string of the molecule is CC(C)Oc1ccc(NC(=O)OC(C)(C)C)c(C(=O)O)c1. The average molecular weight is 295 g/mol. The Bertz CT molecular complexity index is 531. The summed E-state index contributed by atoms with van der Waals surface area (Å²) in [6, 6.07) is 4.44. The van der Waals surface area contributed by atoms with Crippen molar-refractivity contribution in [1.29, 1.82) is 0 Å². The molecule has 0 heterocycles. The van der Waals surface area contributed by atoms with E-state index in [0.717, 1.165) is 0 Å². The van der Waals surface area contributed by atoms with Crippen LogP contribution in [0.5, 0.6) is 5.75 Å². The van der Waals surface area contributed by atoms with E-state index in [1.807, 2.05) is 13.8 Å². The number of carboxylic acids is 1. The van der Waals surface area contributed by atoms with E-state index in [1.165, 1.54) is 12.1 Å². The minimum atomic E-state index is -1.16. The Morgan fingerprint density at radius 3 is 2.33 bits per heavy atom. The van der Waals surface area contributed by atoms with E-state index in [1.54, 1.807) is 26.8 Å². The van der Waals surface area contributed by atoms with Gasteiger partial charge in [0, 0.05) is 0 Å². The van der Waals surface area contributed by atoms with E-state index >= 15 is 0 Å². The molecule has 0 spiro atoms. The van der Waals surface area contributed by atoms with Gasteiger partial charge in [0.1, 0.15) is 11.4 Å². The molecule has 0 aromatic heterocycles. The monoisotopic (exact) mass is 295 g/mol. The van der Waals surface area contributed by atoms with Crippen molar-refractivity contribution < 1.29 is 24.2 Å². The number of nitrogens with one attached hydrogen (secondary N) is 1. The summed E-state index contributed by atoms with van der Waals surface area (Å²) in [5.41, 5.74) is -0.555. The average Bonchev–Trinajstić information content (AvgIpc) is 2.27. The smallest absolute Gasteiger partial charge is 0.412 e. The fourth-order valence-corrected chi connectivity index (χ4v) is 1.57. The van der Waals surface area contributed by atoms with Crippen LogP contribution in [0.3, 0.4) is 0 Å². The van der Waals surface area contributed by atoms with Crippen molar-refractivity contribution in [2.75, 3.05) is 5.32 Å². The number of ether oxygens (including phenoxy) is 2. The number of carbonyl (C=O) groups excluding carboxylic acids is 1. The number of hydrogen-bond donors (Lipinski definition) is 2. The van der Waals surface area contributed by atoms with Crippen molar-refractivity contribution in [2.24, 2.45) is 0 Å². The fourth-order valence-electron chi connectivity index (χ4n) is 1.57. The lowest BCUT2D eigenvalue weighted by Crippen LogP contribution is -2.27. The molecule has 0 saturated heterocycles. The summed E-state index contributed by atoms with van der Waals surface area (Å²) in [6.45, 7) is 8.86. The lowest BCUT2D eigenvalue weighted by molar-refractivity contribution is 0.0636. The van der Waals surface area contributed by atoms with E-state index in [4.69, 9.17) is 9.47 Å². The molecule has 0 aliphatic carbocycles. The van der Waals surface area contributed by atoms with Crippen LogP contribution < -0.4 is 10.1 Å². The van der Waals surface area contributed by atoms with E-state index < -0.39 is 17.7 Å². The van der Waals surface area contributed by atoms with Crippen LogP contribution in [-0.2, 0) is 4.74 Å². The molecule has 0 bridgehead atoms. The van der Waals surface area contributed by atoms with Gasteiger partial charge in [0.15, 0.2) is 0 Å². The number of carboxylic acid groups (broad SMARTS) is 1. The lowest BCUT2D eigenvalue weighted by Gasteiger charge is -2.20. The summed E-state index contributed by atoms with van der Waals surface area (Å²) in [4.78, 5) is 23.0. The standard InChI is InChI=1S/C15H21NO5/c1-9(2)20-10-6-7-12(11(8-10)13(17)18)16-14(19)21-15(3,4)5/h6-9H,1-5H3,(H,16,19)(H,17,18). The third-order valence-corrected chi connectivity index (χ3v) is 2.23. The zero-order valence-corrected chi connectivity index (χ0v) is 12.9. The first-order valence-electron chi connectivity index (χ1n) is 6.62. The number of anilines is 1. The summed E-state index contributed by atoms with van der Waals surface area (Å²) >= 11 is 0. The van der Waals surface area contributed by atoms with Crippen LogP contribution in [-0.4, -0.2) is 28.9 Å². The van der Waals surface area contributed by atoms with E-state index in [0.29, 0.717) is 5.75 Å². The highest BCUT2D eigenvalue weighted by Crippen LogP contribution is 2.24. The maximum Gasteiger partial charge on any atom is 0.412 e. The summed E-state index contributed by atoms with van der Waals surface area (Å²) in [7, 11) is 0. The summed E-state index contributed by atoms with van der Waals surface area (Å²) in [5.74, 6) is -0.729. The van der Waals surface area contributed by atoms with Crippen LogP contribution in [0.15, 0.2) is 18.2 Å². The molecule has 1 rings (SSSR count). The van der Waals surface area contributed by atoms with Gasteiger partial charge in [-0.3, -0.25) is 5.32 Å². The van der Waals surface area contributed by atoms with E-state index in [9.17, 15) is 14.7 Å². The second-order valence-corrected chi connectivity index (χ2v) is 5.81. The Morgan fingerprint density at radius 1 is 1.24 bits per heavy atom. The minimum absolute atomic E-state index is 0.0565. The summed E-state index contributed by atoms with van der Waals surface area (Å²) in [6.07, 6.45) is -0.779. The Kier molecular flexibility index (Phi) is 5.18. The number of rotatable bonds is 4. The van der Waals surface area contributed by atoms with Gasteiger partial charge in [-0.05, 0) is 52.8 Å². The maximum absolute atomic E-state index is 11.7. The first-order valence-corrected chi connectivity index (χ1v) is 6.62. The predicted molar refractivity (Wildman–Crippen MR) is 79.0 cm³/mol. The molecular weight excluding hydrogens is 274 g/mol. The van der Waals surface area contributed by atoms with Crippen molar-refractivity contribution in [1.82, 2.24) is 0 Å². The van der Waals surface area contributed by atoms with Crippen molar-refractivity contribution in [3.8, 4) is 5.75 Å². The predicted octanol–water partition coefficient (Wildman–Crippen LogP) is 3.52. The molecule has 0 fully saturated rings. The van der Waals surface area contributed by atoms with Gasteiger partial charge < -0.3 is 14.6 Å². The van der Waals surface area contributed by atoms with Gasteiger partial charge in [-0.15, -0.1) is 0 Å². The van der Waals surface area contributed by atoms with Gasteiger partial charge in [-0.2, -0.15) is 0 Å². The molecule has 6 heteroatoms. The highest BCUT2D eigenvalue weighted by Gasteiger charge is 2.19. The quantitative estimate of drug-likeness (QED) is 0.887. The molecule has 0 unspecified atom stereocenters. The van der Waals surface area contributed by atoms with Crippen LogP contribution in [0.1, 0.15) is 45.0 Å². The molecule has 6 nitrogen and oxygen atoms in total. The number of benzene rings is 1. The molecule has 1 amide bonds. The maximum atomic E-state index is 11.7. The molecule has 2 N–H and O–H groups in total. The van der Waals surface area contributed by atoms with Crippen molar-refractivity contribution in [2.45, 2.75) is 46.3 Å². The fraction of sp³-hybridized carbons (Fsp3) is 0.467. The molecule has 0 radical (unpaired) electrons. The molecule has 116 valence electrons.